The van der Waals surface area contributed by atoms with E-state index in [2.05, 4.69) is 6.58 Å². The van der Waals surface area contributed by atoms with Crippen molar-refractivity contribution < 1.29 is 4.21 Å². The van der Waals surface area contributed by atoms with Gasteiger partial charge in [0.2, 0.25) is 0 Å². The molecule has 2 atom stereocenters. The van der Waals surface area contributed by atoms with Gasteiger partial charge in [-0.15, -0.1) is 6.58 Å². The predicted octanol–water partition coefficient (Wildman–Crippen LogP) is 1.87. The van der Waals surface area contributed by atoms with E-state index in [1.807, 2.05) is 49.3 Å². The Morgan fingerprint density at radius 3 is 2.36 bits per heavy atom. The van der Waals surface area contributed by atoms with Gasteiger partial charge in [-0.2, -0.15) is 0 Å². The molecule has 2 unspecified atom stereocenters. The summed E-state index contributed by atoms with van der Waals surface area (Å²) in [5.74, 6) is 0. The van der Waals surface area contributed by atoms with Crippen LogP contribution in [0, 0.1) is 0 Å². The van der Waals surface area contributed by atoms with E-state index in [0.717, 1.165) is 4.90 Å². The van der Waals surface area contributed by atoms with Gasteiger partial charge >= 0.3 is 0 Å². The highest BCUT2D eigenvalue weighted by Gasteiger charge is 2.16. The summed E-state index contributed by atoms with van der Waals surface area (Å²) in [6, 6.07) is 9.44. The highest BCUT2D eigenvalue weighted by molar-refractivity contribution is 7.85. The lowest BCUT2D eigenvalue weighted by Gasteiger charge is -2.19. The first-order valence-electron chi connectivity index (χ1n) is 4.41. The number of hydrogen-bond acceptors (Lipinski definition) is 2. The maximum absolute atomic E-state index is 12.0. The molecular formula is C11H15NOS. The van der Waals surface area contributed by atoms with Crippen molar-refractivity contribution in [2.45, 2.75) is 10.3 Å². The lowest BCUT2D eigenvalue weighted by molar-refractivity contribution is 0.419. The van der Waals surface area contributed by atoms with Crippen LogP contribution in [-0.2, 0) is 10.8 Å². The summed E-state index contributed by atoms with van der Waals surface area (Å²) in [4.78, 5) is 2.74. The van der Waals surface area contributed by atoms with Gasteiger partial charge in [0.15, 0.2) is 0 Å². The third kappa shape index (κ3) is 2.53. The van der Waals surface area contributed by atoms with Crippen molar-refractivity contribution in [2.75, 3.05) is 14.1 Å². The van der Waals surface area contributed by atoms with Crippen molar-refractivity contribution in [3.63, 3.8) is 0 Å². The Kier molecular flexibility index (Phi) is 4.04. The Balaban J connectivity index is 2.89. The van der Waals surface area contributed by atoms with E-state index in [-0.39, 0.29) is 5.37 Å². The van der Waals surface area contributed by atoms with Crippen LogP contribution in [0.5, 0.6) is 0 Å². The summed E-state index contributed by atoms with van der Waals surface area (Å²) in [5.41, 5.74) is 0. The molecule has 14 heavy (non-hydrogen) atoms. The van der Waals surface area contributed by atoms with E-state index in [0.29, 0.717) is 0 Å². The third-order valence-electron chi connectivity index (χ3n) is 1.91. The summed E-state index contributed by atoms with van der Waals surface area (Å²) in [7, 11) is 2.75. The number of benzene rings is 1. The van der Waals surface area contributed by atoms with Crippen LogP contribution in [0.25, 0.3) is 0 Å². The number of likely N-dealkylation sites (N-methyl/N-ethyl adjacent to an activating group) is 1. The zero-order valence-electron chi connectivity index (χ0n) is 8.51. The highest BCUT2D eigenvalue weighted by atomic mass is 32.2. The van der Waals surface area contributed by atoms with Crippen LogP contribution in [0.4, 0.5) is 0 Å². The van der Waals surface area contributed by atoms with E-state index >= 15 is 0 Å². The molecule has 0 saturated heterocycles. The standard InChI is InChI=1S/C11H15NOS/c1-4-11(12(2)3)14(13)10-8-6-5-7-9-10/h4-9,11H,1H2,2-3H3. The van der Waals surface area contributed by atoms with Crippen LogP contribution < -0.4 is 0 Å². The molecule has 0 aromatic heterocycles. The summed E-state index contributed by atoms with van der Waals surface area (Å²) in [5, 5.41) is -0.127. The number of hydrogen-bond donors (Lipinski definition) is 0. The Bertz CT molecular complexity index is 321. The zero-order chi connectivity index (χ0) is 10.6. The molecule has 0 aliphatic heterocycles. The molecule has 0 aliphatic rings. The first kappa shape index (κ1) is 11.1. The molecule has 1 aromatic carbocycles. The average Bonchev–Trinajstić information content (AvgIpc) is 2.19. The van der Waals surface area contributed by atoms with E-state index < -0.39 is 10.8 Å². The Hall–Kier alpha value is -0.930. The van der Waals surface area contributed by atoms with Crippen LogP contribution >= 0.6 is 0 Å². The lowest BCUT2D eigenvalue weighted by atomic mass is 10.4. The van der Waals surface area contributed by atoms with Gasteiger partial charge in [0, 0.05) is 4.90 Å². The maximum atomic E-state index is 12.0. The normalized spacial score (nSPS) is 15.1. The van der Waals surface area contributed by atoms with Gasteiger partial charge < -0.3 is 0 Å². The molecule has 0 heterocycles. The molecule has 0 bridgehead atoms. The summed E-state index contributed by atoms with van der Waals surface area (Å²) >= 11 is 0. The Labute approximate surface area is 87.7 Å². The topological polar surface area (TPSA) is 20.3 Å². The van der Waals surface area contributed by atoms with Crippen LogP contribution in [0.2, 0.25) is 0 Å². The van der Waals surface area contributed by atoms with Gasteiger partial charge in [-0.25, -0.2) is 0 Å². The molecule has 0 amide bonds. The average molecular weight is 209 g/mol. The fraction of sp³-hybridized carbons (Fsp3) is 0.273. The molecule has 0 spiro atoms. The minimum absolute atomic E-state index is 0.127. The van der Waals surface area contributed by atoms with Crippen molar-refractivity contribution in [3.05, 3.63) is 43.0 Å². The minimum atomic E-state index is -1.04. The summed E-state index contributed by atoms with van der Waals surface area (Å²) < 4.78 is 12.0. The number of nitrogens with zero attached hydrogens (tertiary/aromatic N) is 1. The Morgan fingerprint density at radius 2 is 1.93 bits per heavy atom. The van der Waals surface area contributed by atoms with E-state index in [9.17, 15) is 4.21 Å². The van der Waals surface area contributed by atoms with Gasteiger partial charge in [-0.3, -0.25) is 9.11 Å². The Morgan fingerprint density at radius 1 is 1.36 bits per heavy atom. The van der Waals surface area contributed by atoms with Gasteiger partial charge in [0.25, 0.3) is 0 Å². The predicted molar refractivity (Wildman–Crippen MR) is 60.5 cm³/mol. The van der Waals surface area contributed by atoms with Crippen LogP contribution in [-0.4, -0.2) is 28.6 Å². The summed E-state index contributed by atoms with van der Waals surface area (Å²) in [6.07, 6.45) is 1.71. The minimum Gasteiger partial charge on any atom is -0.292 e. The highest BCUT2D eigenvalue weighted by Crippen LogP contribution is 2.12. The van der Waals surface area contributed by atoms with E-state index in [4.69, 9.17) is 0 Å². The molecule has 3 heteroatoms. The fourth-order valence-corrected chi connectivity index (χ4v) is 2.45. The molecular weight excluding hydrogens is 194 g/mol. The monoisotopic (exact) mass is 209 g/mol. The largest absolute Gasteiger partial charge is 0.292 e. The van der Waals surface area contributed by atoms with Crippen LogP contribution in [0.1, 0.15) is 0 Å². The second-order valence-electron chi connectivity index (χ2n) is 3.20. The van der Waals surface area contributed by atoms with Gasteiger partial charge in [-0.05, 0) is 26.2 Å². The number of rotatable bonds is 4. The second kappa shape index (κ2) is 5.08. The first-order chi connectivity index (χ1) is 6.66. The molecule has 0 aliphatic carbocycles. The van der Waals surface area contributed by atoms with Gasteiger partial charge in [0.05, 0.1) is 10.8 Å². The van der Waals surface area contributed by atoms with Gasteiger partial charge in [0.1, 0.15) is 5.37 Å². The van der Waals surface area contributed by atoms with E-state index in [1.165, 1.54) is 0 Å². The molecule has 0 radical (unpaired) electrons. The van der Waals surface area contributed by atoms with Crippen molar-refractivity contribution >= 4 is 10.8 Å². The van der Waals surface area contributed by atoms with Crippen molar-refractivity contribution in [1.82, 2.24) is 4.90 Å². The maximum Gasteiger partial charge on any atom is 0.109 e. The van der Waals surface area contributed by atoms with Crippen molar-refractivity contribution in [2.24, 2.45) is 0 Å². The molecule has 1 aromatic rings. The zero-order valence-corrected chi connectivity index (χ0v) is 9.33. The van der Waals surface area contributed by atoms with Crippen molar-refractivity contribution in [3.8, 4) is 0 Å². The second-order valence-corrected chi connectivity index (χ2v) is 4.75. The molecule has 0 N–H and O–H groups in total. The fourth-order valence-electron chi connectivity index (χ4n) is 1.18. The smallest absolute Gasteiger partial charge is 0.109 e. The SMILES string of the molecule is C=CC(N(C)C)S(=O)c1ccccc1. The first-order valence-corrected chi connectivity index (χ1v) is 5.62. The quantitative estimate of drug-likeness (QED) is 0.706. The van der Waals surface area contributed by atoms with E-state index in [1.54, 1.807) is 6.08 Å². The van der Waals surface area contributed by atoms with Crippen LogP contribution in [0.15, 0.2) is 47.9 Å². The van der Waals surface area contributed by atoms with Crippen LogP contribution in [0.3, 0.4) is 0 Å². The summed E-state index contributed by atoms with van der Waals surface area (Å²) in [6.45, 7) is 3.69. The lowest BCUT2D eigenvalue weighted by Crippen LogP contribution is -2.29. The molecule has 0 fully saturated rings. The molecule has 76 valence electrons. The molecule has 0 saturated carbocycles. The van der Waals surface area contributed by atoms with Gasteiger partial charge in [-0.1, -0.05) is 24.3 Å². The van der Waals surface area contributed by atoms with Crippen molar-refractivity contribution in [1.29, 1.82) is 0 Å². The third-order valence-corrected chi connectivity index (χ3v) is 3.69. The molecule has 2 nitrogen and oxygen atoms in total. The molecule has 1 rings (SSSR count).